The predicted molar refractivity (Wildman–Crippen MR) is 63.2 cm³/mol. The third-order valence-electron chi connectivity index (χ3n) is 3.51. The lowest BCUT2D eigenvalue weighted by molar-refractivity contribution is 0.558. The van der Waals surface area contributed by atoms with Gasteiger partial charge < -0.3 is 5.73 Å². The summed E-state index contributed by atoms with van der Waals surface area (Å²) < 4.78 is 1.16. The zero-order valence-electron chi connectivity index (χ0n) is 8.63. The van der Waals surface area contributed by atoms with Crippen molar-refractivity contribution in [2.45, 2.75) is 19.8 Å². The minimum Gasteiger partial charge on any atom is -0.330 e. The first-order valence-corrected chi connectivity index (χ1v) is 5.82. The minimum absolute atomic E-state index is 0.384. The molecule has 2 unspecified atom stereocenters. The van der Waals surface area contributed by atoms with Gasteiger partial charge in [-0.1, -0.05) is 41.9 Å². The molecule has 1 saturated carbocycles. The van der Waals surface area contributed by atoms with E-state index in [-0.39, 0.29) is 0 Å². The first-order chi connectivity index (χ1) is 6.57. The molecule has 1 nitrogen and oxygen atoms in total. The smallest absolute Gasteiger partial charge is 0.0178 e. The largest absolute Gasteiger partial charge is 0.330 e. The van der Waals surface area contributed by atoms with Crippen molar-refractivity contribution in [3.8, 4) is 0 Å². The summed E-state index contributed by atoms with van der Waals surface area (Å²) in [7, 11) is 0. The molecule has 1 aromatic carbocycles. The van der Waals surface area contributed by atoms with Crippen molar-refractivity contribution in [1.82, 2.24) is 0 Å². The third kappa shape index (κ3) is 1.51. The van der Waals surface area contributed by atoms with Crippen molar-refractivity contribution in [3.63, 3.8) is 0 Å². The van der Waals surface area contributed by atoms with Gasteiger partial charge in [-0.15, -0.1) is 0 Å². The van der Waals surface area contributed by atoms with Crippen molar-refractivity contribution in [2.75, 3.05) is 6.54 Å². The van der Waals surface area contributed by atoms with Crippen molar-refractivity contribution < 1.29 is 0 Å². The van der Waals surface area contributed by atoms with Gasteiger partial charge in [0.25, 0.3) is 0 Å². The molecular weight excluding hydrogens is 238 g/mol. The van der Waals surface area contributed by atoms with Crippen LogP contribution in [0.15, 0.2) is 28.7 Å². The second kappa shape index (κ2) is 3.35. The van der Waals surface area contributed by atoms with Crippen molar-refractivity contribution in [1.29, 1.82) is 0 Å². The van der Waals surface area contributed by atoms with Crippen LogP contribution < -0.4 is 5.73 Å². The number of hydrogen-bond donors (Lipinski definition) is 1. The van der Waals surface area contributed by atoms with E-state index in [4.69, 9.17) is 5.73 Å². The van der Waals surface area contributed by atoms with Crippen molar-refractivity contribution in [3.05, 3.63) is 34.3 Å². The summed E-state index contributed by atoms with van der Waals surface area (Å²) in [5.41, 5.74) is 7.56. The van der Waals surface area contributed by atoms with Gasteiger partial charge in [0.05, 0.1) is 0 Å². The van der Waals surface area contributed by atoms with Crippen LogP contribution in [0.5, 0.6) is 0 Å². The van der Waals surface area contributed by atoms with Gasteiger partial charge in [0, 0.05) is 4.47 Å². The van der Waals surface area contributed by atoms with Crippen LogP contribution in [0.25, 0.3) is 0 Å². The molecule has 0 heterocycles. The summed E-state index contributed by atoms with van der Waals surface area (Å²) in [6.45, 7) is 5.40. The molecule has 14 heavy (non-hydrogen) atoms. The van der Waals surface area contributed by atoms with Gasteiger partial charge in [-0.2, -0.15) is 0 Å². The highest BCUT2D eigenvalue weighted by Crippen LogP contribution is 2.63. The monoisotopic (exact) mass is 253 g/mol. The second-order valence-corrected chi connectivity index (χ2v) is 5.61. The van der Waals surface area contributed by atoms with Gasteiger partial charge >= 0.3 is 0 Å². The summed E-state index contributed by atoms with van der Waals surface area (Å²) in [5.74, 6) is 1.29. The Hall–Kier alpha value is -0.340. The molecule has 1 aliphatic carbocycles. The highest BCUT2D eigenvalue weighted by molar-refractivity contribution is 9.10. The molecule has 0 aliphatic heterocycles. The Labute approximate surface area is 93.8 Å². The normalized spacial score (nSPS) is 28.9. The van der Waals surface area contributed by atoms with Gasteiger partial charge in [-0.25, -0.2) is 0 Å². The van der Waals surface area contributed by atoms with Crippen LogP contribution >= 0.6 is 15.9 Å². The van der Waals surface area contributed by atoms with Gasteiger partial charge in [-0.05, 0) is 41.5 Å². The van der Waals surface area contributed by atoms with Gasteiger partial charge in [0.15, 0.2) is 0 Å². The molecule has 1 aliphatic rings. The fourth-order valence-electron chi connectivity index (χ4n) is 2.55. The van der Waals surface area contributed by atoms with Gasteiger partial charge in [0.1, 0.15) is 0 Å². The quantitative estimate of drug-likeness (QED) is 0.862. The molecule has 1 aromatic rings. The fourth-order valence-corrected chi connectivity index (χ4v) is 2.96. The lowest BCUT2D eigenvalue weighted by Gasteiger charge is -2.03. The topological polar surface area (TPSA) is 26.0 Å². The molecule has 2 heteroatoms. The summed E-state index contributed by atoms with van der Waals surface area (Å²) >= 11 is 3.51. The van der Waals surface area contributed by atoms with E-state index in [0.717, 1.165) is 11.0 Å². The average Bonchev–Trinajstić information content (AvgIpc) is 2.68. The molecule has 0 saturated heterocycles. The second-order valence-electron chi connectivity index (χ2n) is 4.70. The molecule has 76 valence electrons. The molecule has 0 bridgehead atoms. The van der Waals surface area contributed by atoms with E-state index in [1.165, 1.54) is 5.56 Å². The van der Waals surface area contributed by atoms with Crippen molar-refractivity contribution >= 4 is 15.9 Å². The molecular formula is C12H16BrN. The summed E-state index contributed by atoms with van der Waals surface area (Å²) in [4.78, 5) is 0. The first-order valence-electron chi connectivity index (χ1n) is 5.03. The van der Waals surface area contributed by atoms with E-state index in [1.807, 2.05) is 0 Å². The average molecular weight is 254 g/mol. The molecule has 0 spiro atoms. The number of halogens is 1. The van der Waals surface area contributed by atoms with Crippen molar-refractivity contribution in [2.24, 2.45) is 17.1 Å². The Bertz CT molecular complexity index is 346. The zero-order valence-corrected chi connectivity index (χ0v) is 10.2. The highest BCUT2D eigenvalue weighted by atomic mass is 79.9. The summed E-state index contributed by atoms with van der Waals surface area (Å²) in [5, 5.41) is 0. The van der Waals surface area contributed by atoms with Crippen LogP contribution in [0.1, 0.15) is 25.3 Å². The zero-order chi connectivity index (χ0) is 10.3. The lowest BCUT2D eigenvalue weighted by atomic mass is 10.0. The molecule has 2 N–H and O–H groups in total. The predicted octanol–water partition coefficient (Wildman–Crippen LogP) is 3.15. The van der Waals surface area contributed by atoms with E-state index >= 15 is 0 Å². The highest BCUT2D eigenvalue weighted by Gasteiger charge is 2.57. The Balaban J connectivity index is 2.26. The van der Waals surface area contributed by atoms with E-state index in [9.17, 15) is 0 Å². The SMILES string of the molecule is CC1(C)C(CN)C1c1cccc(Br)c1. The standard InChI is InChI=1S/C12H16BrN/c1-12(2)10(7-14)11(12)8-4-3-5-9(13)6-8/h3-6,10-11H,7,14H2,1-2H3. The van der Waals surface area contributed by atoms with Crippen LogP contribution in [0.2, 0.25) is 0 Å². The molecule has 0 amide bonds. The molecule has 2 atom stereocenters. The molecule has 0 aromatic heterocycles. The maximum absolute atomic E-state index is 5.76. The van der Waals surface area contributed by atoms with Crippen LogP contribution in [0, 0.1) is 11.3 Å². The van der Waals surface area contributed by atoms with E-state index < -0.39 is 0 Å². The Morgan fingerprint density at radius 2 is 2.14 bits per heavy atom. The van der Waals surface area contributed by atoms with Crippen LogP contribution in [0.4, 0.5) is 0 Å². The Morgan fingerprint density at radius 1 is 1.43 bits per heavy atom. The molecule has 0 radical (unpaired) electrons. The van der Waals surface area contributed by atoms with Crippen LogP contribution in [-0.2, 0) is 0 Å². The summed E-state index contributed by atoms with van der Waals surface area (Å²) in [6, 6.07) is 8.58. The van der Waals surface area contributed by atoms with Gasteiger partial charge in [0.2, 0.25) is 0 Å². The molecule has 1 fully saturated rings. The number of benzene rings is 1. The van der Waals surface area contributed by atoms with E-state index in [1.54, 1.807) is 0 Å². The van der Waals surface area contributed by atoms with Gasteiger partial charge in [-0.3, -0.25) is 0 Å². The number of hydrogen-bond acceptors (Lipinski definition) is 1. The van der Waals surface area contributed by atoms with Crippen LogP contribution in [-0.4, -0.2) is 6.54 Å². The van der Waals surface area contributed by atoms with Crippen LogP contribution in [0.3, 0.4) is 0 Å². The van der Waals surface area contributed by atoms with E-state index in [2.05, 4.69) is 54.0 Å². The Morgan fingerprint density at radius 3 is 2.64 bits per heavy atom. The first kappa shape index (κ1) is 10.2. The number of rotatable bonds is 2. The number of nitrogens with two attached hydrogens (primary N) is 1. The molecule has 2 rings (SSSR count). The fraction of sp³-hybridized carbons (Fsp3) is 0.500. The third-order valence-corrected chi connectivity index (χ3v) is 4.01. The Kier molecular flexibility index (Phi) is 2.44. The van der Waals surface area contributed by atoms with E-state index in [0.29, 0.717) is 17.3 Å². The summed E-state index contributed by atoms with van der Waals surface area (Å²) in [6.07, 6.45) is 0. The lowest BCUT2D eigenvalue weighted by Crippen LogP contribution is -2.05. The maximum Gasteiger partial charge on any atom is 0.0178 e. The minimum atomic E-state index is 0.384. The maximum atomic E-state index is 5.76.